The average Bonchev–Trinajstić information content (AvgIpc) is 2.90. The fourth-order valence-electron chi connectivity index (χ4n) is 2.72. The van der Waals surface area contributed by atoms with E-state index in [0.29, 0.717) is 12.5 Å². The van der Waals surface area contributed by atoms with Crippen LogP contribution in [0.15, 0.2) is 24.3 Å². The van der Waals surface area contributed by atoms with Crippen molar-refractivity contribution in [2.45, 2.75) is 19.3 Å². The van der Waals surface area contributed by atoms with E-state index in [1.807, 2.05) is 24.3 Å². The van der Waals surface area contributed by atoms with Gasteiger partial charge in [-0.1, -0.05) is 12.1 Å². The number of benzene rings is 1. The largest absolute Gasteiger partial charge is 0.338 e. The van der Waals surface area contributed by atoms with Crippen molar-refractivity contribution in [3.05, 3.63) is 24.3 Å². The normalized spacial score (nSPS) is 16.0. The lowest BCUT2D eigenvalue weighted by Gasteiger charge is -2.22. The second kappa shape index (κ2) is 6.58. The van der Waals surface area contributed by atoms with Crippen LogP contribution < -0.4 is 16.0 Å². The Kier molecular flexibility index (Phi) is 4.35. The molecule has 2 aromatic rings. The molecule has 1 fully saturated rings. The maximum absolute atomic E-state index is 11.8. The van der Waals surface area contributed by atoms with Gasteiger partial charge in [-0.2, -0.15) is 0 Å². The van der Waals surface area contributed by atoms with Crippen molar-refractivity contribution in [3.63, 3.8) is 0 Å². The number of urea groups is 1. The van der Waals surface area contributed by atoms with E-state index in [2.05, 4.69) is 25.9 Å². The number of anilines is 1. The lowest BCUT2D eigenvalue weighted by atomic mass is 9.95. The summed E-state index contributed by atoms with van der Waals surface area (Å²) in [5.41, 5.74) is 1.77. The lowest BCUT2D eigenvalue weighted by Crippen LogP contribution is -2.33. The Morgan fingerprint density at radius 3 is 2.90 bits per heavy atom. The van der Waals surface area contributed by atoms with E-state index in [1.165, 1.54) is 12.8 Å². The first kappa shape index (κ1) is 13.9. The van der Waals surface area contributed by atoms with Crippen LogP contribution >= 0.6 is 0 Å². The van der Waals surface area contributed by atoms with Crippen LogP contribution in [0.1, 0.15) is 19.3 Å². The number of nitrogens with zero attached hydrogens (tertiary/aromatic N) is 1. The molecule has 21 heavy (non-hydrogen) atoms. The topological polar surface area (TPSA) is 81.8 Å². The van der Waals surface area contributed by atoms with Crippen molar-refractivity contribution in [2.24, 2.45) is 5.92 Å². The summed E-state index contributed by atoms with van der Waals surface area (Å²) >= 11 is 0. The van der Waals surface area contributed by atoms with Gasteiger partial charge in [0, 0.05) is 6.54 Å². The summed E-state index contributed by atoms with van der Waals surface area (Å²) in [5, 5.41) is 8.98. The molecule has 1 aromatic heterocycles. The van der Waals surface area contributed by atoms with Gasteiger partial charge in [0.25, 0.3) is 0 Å². The molecule has 2 amide bonds. The Balaban J connectivity index is 1.45. The highest BCUT2D eigenvalue weighted by Crippen LogP contribution is 2.15. The molecule has 1 aliphatic rings. The molecule has 0 bridgehead atoms. The monoisotopic (exact) mass is 287 g/mol. The second-order valence-corrected chi connectivity index (χ2v) is 5.47. The molecule has 0 spiro atoms. The van der Waals surface area contributed by atoms with E-state index in [9.17, 15) is 4.79 Å². The maximum atomic E-state index is 11.8. The number of nitrogens with one attached hydrogen (secondary N) is 4. The maximum Gasteiger partial charge on any atom is 0.321 e. The van der Waals surface area contributed by atoms with Crippen LogP contribution in [0, 0.1) is 5.92 Å². The first-order valence-corrected chi connectivity index (χ1v) is 7.51. The Morgan fingerprint density at radius 2 is 2.10 bits per heavy atom. The molecular weight excluding hydrogens is 266 g/mol. The number of hydrogen-bond donors (Lipinski definition) is 4. The van der Waals surface area contributed by atoms with Crippen LogP contribution in [0.25, 0.3) is 11.0 Å². The number of rotatable bonds is 4. The van der Waals surface area contributed by atoms with E-state index in [1.54, 1.807) is 0 Å². The molecule has 0 radical (unpaired) electrons. The number of hydrogen-bond acceptors (Lipinski definition) is 3. The number of imidazole rings is 1. The highest BCUT2D eigenvalue weighted by Gasteiger charge is 2.13. The number of aromatic nitrogens is 2. The predicted octanol–water partition coefficient (Wildman–Crippen LogP) is 2.07. The molecule has 6 nitrogen and oxygen atoms in total. The minimum Gasteiger partial charge on any atom is -0.338 e. The van der Waals surface area contributed by atoms with Crippen molar-refractivity contribution < 1.29 is 4.79 Å². The van der Waals surface area contributed by atoms with Crippen molar-refractivity contribution in [1.82, 2.24) is 20.6 Å². The van der Waals surface area contributed by atoms with Gasteiger partial charge in [-0.05, 0) is 50.4 Å². The highest BCUT2D eigenvalue weighted by atomic mass is 16.2. The van der Waals surface area contributed by atoms with Gasteiger partial charge in [-0.15, -0.1) is 0 Å². The molecule has 2 heterocycles. The molecule has 0 atom stereocenters. The predicted molar refractivity (Wildman–Crippen MR) is 83.3 cm³/mol. The van der Waals surface area contributed by atoms with Gasteiger partial charge in [-0.25, -0.2) is 9.78 Å². The third kappa shape index (κ3) is 3.72. The fourth-order valence-corrected chi connectivity index (χ4v) is 2.72. The third-order valence-electron chi connectivity index (χ3n) is 3.92. The summed E-state index contributed by atoms with van der Waals surface area (Å²) in [4.78, 5) is 19.2. The summed E-state index contributed by atoms with van der Waals surface area (Å²) in [5.74, 6) is 1.20. The van der Waals surface area contributed by atoms with Gasteiger partial charge in [0.05, 0.1) is 11.0 Å². The van der Waals surface area contributed by atoms with Crippen molar-refractivity contribution in [2.75, 3.05) is 25.0 Å². The Labute approximate surface area is 123 Å². The summed E-state index contributed by atoms with van der Waals surface area (Å²) in [7, 11) is 0. The zero-order chi connectivity index (χ0) is 14.5. The van der Waals surface area contributed by atoms with Crippen LogP contribution in [0.3, 0.4) is 0 Å². The van der Waals surface area contributed by atoms with E-state index in [0.717, 1.165) is 36.5 Å². The molecule has 0 aliphatic carbocycles. The molecule has 1 saturated heterocycles. The zero-order valence-corrected chi connectivity index (χ0v) is 12.0. The number of fused-ring (bicyclic) bond motifs is 1. The number of carbonyl (C=O) groups excluding carboxylic acids is 1. The van der Waals surface area contributed by atoms with Crippen LogP contribution in [-0.2, 0) is 0 Å². The number of piperidine rings is 1. The Hall–Kier alpha value is -2.08. The van der Waals surface area contributed by atoms with Gasteiger partial charge in [0.15, 0.2) is 0 Å². The Bertz CT molecular complexity index is 570. The number of para-hydroxylation sites is 2. The van der Waals surface area contributed by atoms with Gasteiger partial charge in [0.2, 0.25) is 5.95 Å². The molecular formula is C15H21N5O. The highest BCUT2D eigenvalue weighted by molar-refractivity contribution is 5.89. The van der Waals surface area contributed by atoms with Crippen molar-refractivity contribution in [1.29, 1.82) is 0 Å². The van der Waals surface area contributed by atoms with Crippen LogP contribution in [0.5, 0.6) is 0 Å². The van der Waals surface area contributed by atoms with Gasteiger partial charge in [-0.3, -0.25) is 5.32 Å². The van der Waals surface area contributed by atoms with Crippen LogP contribution in [0.2, 0.25) is 0 Å². The van der Waals surface area contributed by atoms with E-state index in [4.69, 9.17) is 0 Å². The number of H-pyrrole nitrogens is 1. The zero-order valence-electron chi connectivity index (χ0n) is 12.0. The quantitative estimate of drug-likeness (QED) is 0.695. The summed E-state index contributed by atoms with van der Waals surface area (Å²) in [6.07, 6.45) is 3.44. The van der Waals surface area contributed by atoms with Gasteiger partial charge < -0.3 is 15.6 Å². The molecule has 0 unspecified atom stereocenters. The van der Waals surface area contributed by atoms with Crippen LogP contribution in [-0.4, -0.2) is 35.6 Å². The first-order chi connectivity index (χ1) is 10.3. The molecule has 3 rings (SSSR count). The molecule has 1 aliphatic heterocycles. The fraction of sp³-hybridized carbons (Fsp3) is 0.467. The minimum atomic E-state index is -0.206. The third-order valence-corrected chi connectivity index (χ3v) is 3.92. The molecule has 0 saturated carbocycles. The summed E-state index contributed by atoms with van der Waals surface area (Å²) in [6, 6.07) is 7.49. The second-order valence-electron chi connectivity index (χ2n) is 5.47. The van der Waals surface area contributed by atoms with Gasteiger partial charge >= 0.3 is 6.03 Å². The average molecular weight is 287 g/mol. The molecule has 6 heteroatoms. The smallest absolute Gasteiger partial charge is 0.321 e. The summed E-state index contributed by atoms with van der Waals surface area (Å²) < 4.78 is 0. The van der Waals surface area contributed by atoms with E-state index >= 15 is 0 Å². The molecule has 112 valence electrons. The first-order valence-electron chi connectivity index (χ1n) is 7.51. The van der Waals surface area contributed by atoms with E-state index in [-0.39, 0.29) is 6.03 Å². The number of amides is 2. The summed E-state index contributed by atoms with van der Waals surface area (Å²) in [6.45, 7) is 2.89. The standard InChI is InChI=1S/C15H21N5O/c21-15(17-10-7-11-5-8-16-9-6-11)20-14-18-12-3-1-2-4-13(12)19-14/h1-4,11,16H,5-10H2,(H3,17,18,19,20,21). The number of carbonyl (C=O) groups is 1. The number of aromatic amines is 1. The SMILES string of the molecule is O=C(NCCC1CCNCC1)Nc1nc2ccccc2[nH]1. The van der Waals surface area contributed by atoms with Crippen molar-refractivity contribution >= 4 is 23.0 Å². The lowest BCUT2D eigenvalue weighted by molar-refractivity contribution is 0.250. The Morgan fingerprint density at radius 1 is 1.29 bits per heavy atom. The minimum absolute atomic E-state index is 0.206. The van der Waals surface area contributed by atoms with E-state index < -0.39 is 0 Å². The van der Waals surface area contributed by atoms with Crippen molar-refractivity contribution in [3.8, 4) is 0 Å². The van der Waals surface area contributed by atoms with Crippen LogP contribution in [0.4, 0.5) is 10.7 Å². The molecule has 1 aromatic carbocycles. The van der Waals surface area contributed by atoms with Gasteiger partial charge in [0.1, 0.15) is 0 Å². The molecule has 4 N–H and O–H groups in total.